The Hall–Kier alpha value is -0.950. The van der Waals surface area contributed by atoms with Gasteiger partial charge in [-0.25, -0.2) is 10.9 Å². The summed E-state index contributed by atoms with van der Waals surface area (Å²) in [6.07, 6.45) is 11.0. The highest BCUT2D eigenvalue weighted by Crippen LogP contribution is 2.27. The van der Waals surface area contributed by atoms with Crippen molar-refractivity contribution >= 4 is 5.91 Å². The Balaban J connectivity index is 1.37. The highest BCUT2D eigenvalue weighted by molar-refractivity contribution is 5.76. The van der Waals surface area contributed by atoms with Crippen LogP contribution in [0.5, 0.6) is 0 Å². The van der Waals surface area contributed by atoms with Crippen molar-refractivity contribution in [2.24, 2.45) is 5.92 Å². The molecule has 2 bridgehead atoms. The van der Waals surface area contributed by atoms with Crippen LogP contribution < -0.4 is 16.2 Å². The number of carbonyl (C=O) groups is 1. The second kappa shape index (κ2) is 8.24. The summed E-state index contributed by atoms with van der Waals surface area (Å²) >= 11 is 0. The minimum Gasteiger partial charge on any atom is -0.352 e. The number of hydrazine groups is 2. The van der Waals surface area contributed by atoms with Crippen molar-refractivity contribution in [3.8, 4) is 0 Å². The van der Waals surface area contributed by atoms with Crippen LogP contribution in [0.25, 0.3) is 0 Å². The summed E-state index contributed by atoms with van der Waals surface area (Å²) < 4.78 is 0. The molecule has 3 heterocycles. The quantitative estimate of drug-likeness (QED) is 0.474. The molecule has 0 aromatic carbocycles. The van der Waals surface area contributed by atoms with Crippen LogP contribution in [-0.2, 0) is 4.79 Å². The third-order valence-electron chi connectivity index (χ3n) is 5.44. The molecule has 0 aromatic rings. The molecule has 4 aliphatic rings. The van der Waals surface area contributed by atoms with Gasteiger partial charge in [-0.15, -0.1) is 0 Å². The van der Waals surface area contributed by atoms with Gasteiger partial charge in [0.1, 0.15) is 0 Å². The molecule has 1 amide bonds. The van der Waals surface area contributed by atoms with Gasteiger partial charge >= 0.3 is 0 Å². The number of allylic oxidation sites excluding steroid dienone is 1. The molecule has 0 aromatic heterocycles. The zero-order valence-corrected chi connectivity index (χ0v) is 14.3. The fourth-order valence-corrected chi connectivity index (χ4v) is 4.07. The predicted molar refractivity (Wildman–Crippen MR) is 91.4 cm³/mol. The van der Waals surface area contributed by atoms with E-state index in [1.807, 2.05) is 12.2 Å². The van der Waals surface area contributed by atoms with E-state index in [-0.39, 0.29) is 5.91 Å². The van der Waals surface area contributed by atoms with E-state index >= 15 is 0 Å². The summed E-state index contributed by atoms with van der Waals surface area (Å²) in [6.45, 7) is 4.13. The molecule has 0 spiro atoms. The first kappa shape index (κ1) is 16.9. The number of hydrogen-bond donors (Lipinski definition) is 3. The Morgan fingerprint density at radius 2 is 2.13 bits per heavy atom. The van der Waals surface area contributed by atoms with Crippen molar-refractivity contribution in [3.63, 3.8) is 0 Å². The third kappa shape index (κ3) is 4.53. The molecule has 23 heavy (non-hydrogen) atoms. The topological polar surface area (TPSA) is 59.6 Å². The van der Waals surface area contributed by atoms with Gasteiger partial charge in [0.05, 0.1) is 6.04 Å². The van der Waals surface area contributed by atoms with Gasteiger partial charge in [0.15, 0.2) is 0 Å². The van der Waals surface area contributed by atoms with E-state index < -0.39 is 0 Å². The van der Waals surface area contributed by atoms with Crippen LogP contribution in [0.4, 0.5) is 0 Å². The Morgan fingerprint density at radius 3 is 2.74 bits per heavy atom. The molecule has 4 rings (SSSR count). The summed E-state index contributed by atoms with van der Waals surface area (Å²) in [5.74, 6) is 0.865. The first-order valence-corrected chi connectivity index (χ1v) is 9.15. The smallest absolute Gasteiger partial charge is 0.221 e. The van der Waals surface area contributed by atoms with Crippen LogP contribution in [0.2, 0.25) is 0 Å². The average molecular weight is 321 g/mol. The number of fused-ring (bicyclic) bond motifs is 3. The largest absolute Gasteiger partial charge is 0.352 e. The Kier molecular flexibility index (Phi) is 6.05. The monoisotopic (exact) mass is 321 g/mol. The number of nitrogens with zero attached hydrogens (tertiary/aromatic N) is 2. The highest BCUT2D eigenvalue weighted by atomic mass is 16.1. The lowest BCUT2D eigenvalue weighted by atomic mass is 9.84. The summed E-state index contributed by atoms with van der Waals surface area (Å²) in [6, 6.07) is 0.741. The maximum atomic E-state index is 12.2. The molecule has 1 aliphatic carbocycles. The van der Waals surface area contributed by atoms with E-state index in [0.29, 0.717) is 31.0 Å². The number of amides is 1. The Labute approximate surface area is 139 Å². The molecule has 3 N–H and O–H groups in total. The lowest BCUT2D eigenvalue weighted by molar-refractivity contribution is -0.123. The van der Waals surface area contributed by atoms with E-state index in [2.05, 4.69) is 33.2 Å². The number of hydrogen-bond acceptors (Lipinski definition) is 5. The standard InChI is InChI=1S/C17H31N5O/c1-18-22(15-5-3-2-4-6-15)19-10-7-17(23)20-16-13-21-11-8-14(16)9-12-21/h3,5,14-16,18-19H,2,4,6-13H2,1H3,(H,20,23). The molecule has 6 nitrogen and oxygen atoms in total. The van der Waals surface area contributed by atoms with Crippen LogP contribution in [-0.4, -0.2) is 61.2 Å². The molecule has 3 aliphatic heterocycles. The predicted octanol–water partition coefficient (Wildman–Crippen LogP) is 0.637. The van der Waals surface area contributed by atoms with Crippen LogP contribution in [0.1, 0.15) is 38.5 Å². The van der Waals surface area contributed by atoms with E-state index in [1.165, 1.54) is 38.8 Å². The summed E-state index contributed by atoms with van der Waals surface area (Å²) in [5.41, 5.74) is 6.52. The van der Waals surface area contributed by atoms with Gasteiger partial charge in [0.2, 0.25) is 5.91 Å². The van der Waals surface area contributed by atoms with Gasteiger partial charge in [0.25, 0.3) is 0 Å². The number of rotatable bonds is 7. The van der Waals surface area contributed by atoms with Crippen LogP contribution >= 0.6 is 0 Å². The molecule has 6 heteroatoms. The second-order valence-corrected chi connectivity index (χ2v) is 6.99. The summed E-state index contributed by atoms with van der Waals surface area (Å²) in [4.78, 5) is 14.7. The van der Waals surface area contributed by atoms with E-state index in [1.54, 1.807) is 0 Å². The zero-order chi connectivity index (χ0) is 16.1. The van der Waals surface area contributed by atoms with Crippen molar-refractivity contribution in [1.82, 2.24) is 26.2 Å². The molecule has 3 saturated heterocycles. The maximum absolute atomic E-state index is 12.2. The Bertz CT molecular complexity index is 419. The van der Waals surface area contributed by atoms with Gasteiger partial charge < -0.3 is 10.2 Å². The number of carbonyl (C=O) groups excluding carboxylic acids is 1. The highest BCUT2D eigenvalue weighted by Gasteiger charge is 2.34. The van der Waals surface area contributed by atoms with Crippen molar-refractivity contribution in [1.29, 1.82) is 0 Å². The first-order valence-electron chi connectivity index (χ1n) is 9.15. The van der Waals surface area contributed by atoms with Crippen LogP contribution in [0.3, 0.4) is 0 Å². The molecular weight excluding hydrogens is 290 g/mol. The molecule has 3 fully saturated rings. The molecule has 0 radical (unpaired) electrons. The summed E-state index contributed by atoms with van der Waals surface area (Å²) in [5, 5.41) is 5.27. The second-order valence-electron chi connectivity index (χ2n) is 6.99. The Morgan fingerprint density at radius 1 is 1.30 bits per heavy atom. The van der Waals surface area contributed by atoms with E-state index in [4.69, 9.17) is 0 Å². The van der Waals surface area contributed by atoms with E-state index in [0.717, 1.165) is 13.0 Å². The first-order chi connectivity index (χ1) is 11.3. The van der Waals surface area contributed by atoms with Crippen LogP contribution in [0, 0.1) is 5.92 Å². The van der Waals surface area contributed by atoms with E-state index in [9.17, 15) is 4.79 Å². The number of piperidine rings is 3. The van der Waals surface area contributed by atoms with Crippen LogP contribution in [0.15, 0.2) is 12.2 Å². The molecule has 2 atom stereocenters. The number of nitrogens with one attached hydrogen (secondary N) is 3. The summed E-state index contributed by atoms with van der Waals surface area (Å²) in [7, 11) is 1.92. The average Bonchev–Trinajstić information content (AvgIpc) is 2.60. The molecule has 0 saturated carbocycles. The maximum Gasteiger partial charge on any atom is 0.221 e. The van der Waals surface area contributed by atoms with Crippen molar-refractivity contribution in [2.45, 2.75) is 50.6 Å². The fraction of sp³-hybridized carbons (Fsp3) is 0.824. The fourth-order valence-electron chi connectivity index (χ4n) is 4.07. The molecular formula is C17H31N5O. The van der Waals surface area contributed by atoms with Gasteiger partial charge in [-0.05, 0) is 51.1 Å². The normalized spacial score (nSPS) is 33.1. The van der Waals surface area contributed by atoms with Crippen molar-refractivity contribution in [2.75, 3.05) is 33.2 Å². The van der Waals surface area contributed by atoms with Gasteiger partial charge in [0, 0.05) is 32.6 Å². The van der Waals surface area contributed by atoms with Crippen molar-refractivity contribution < 1.29 is 4.79 Å². The lowest BCUT2D eigenvalue weighted by Crippen LogP contribution is -2.57. The van der Waals surface area contributed by atoms with Gasteiger partial charge in [-0.1, -0.05) is 12.2 Å². The zero-order valence-electron chi connectivity index (χ0n) is 14.3. The van der Waals surface area contributed by atoms with Gasteiger partial charge in [-0.2, -0.15) is 5.12 Å². The SMILES string of the molecule is CNN(NCCC(=O)NC1CN2CCC1CC2)C1C=CCCC1. The minimum absolute atomic E-state index is 0.173. The van der Waals surface area contributed by atoms with Gasteiger partial charge in [-0.3, -0.25) is 4.79 Å². The van der Waals surface area contributed by atoms with Crippen molar-refractivity contribution in [3.05, 3.63) is 12.2 Å². The molecule has 2 unspecified atom stereocenters. The lowest BCUT2D eigenvalue weighted by Gasteiger charge is -2.45. The molecule has 130 valence electrons. The minimum atomic E-state index is 0.173. The third-order valence-corrected chi connectivity index (χ3v) is 5.44.